The Balaban J connectivity index is -0.0000000681. The Morgan fingerprint density at radius 3 is 1.30 bits per heavy atom. The van der Waals surface area contributed by atoms with Gasteiger partial charge in [-0.2, -0.15) is 0 Å². The van der Waals surface area contributed by atoms with Gasteiger partial charge in [0.2, 0.25) is 0 Å². The molecule has 0 radical (unpaired) electrons. The number of rotatable bonds is 6. The van der Waals surface area contributed by atoms with Crippen LogP contribution < -0.4 is 0 Å². The first-order valence-corrected chi connectivity index (χ1v) is 14.9. The first-order valence-electron chi connectivity index (χ1n) is 7.52. The molecule has 0 aromatic carbocycles. The fourth-order valence-corrected chi connectivity index (χ4v) is 6.19. The van der Waals surface area contributed by atoms with Crippen molar-refractivity contribution < 1.29 is 16.5 Å². The van der Waals surface area contributed by atoms with Crippen LogP contribution in [-0.4, -0.2) is 16.1 Å². The number of hydrogen-bond donors (Lipinski definition) is 0. The maximum Gasteiger partial charge on any atom is 2.00 e. The third-order valence-corrected chi connectivity index (χ3v) is 6.66. The van der Waals surface area contributed by atoms with Crippen LogP contribution in [-0.2, 0) is 16.5 Å². The summed E-state index contributed by atoms with van der Waals surface area (Å²) in [5.41, 5.74) is 0. The summed E-state index contributed by atoms with van der Waals surface area (Å²) in [5, 5.41) is 0. The van der Waals surface area contributed by atoms with E-state index in [1.807, 2.05) is 0 Å². The molecule has 1 unspecified atom stereocenters. The Hall–Kier alpha value is 0.927. The molecule has 0 bridgehead atoms. The summed E-state index contributed by atoms with van der Waals surface area (Å²) >= 11 is 0. The van der Waals surface area contributed by atoms with Crippen molar-refractivity contribution in [3.63, 3.8) is 0 Å². The smallest absolute Gasteiger partial charge is 0.358 e. The Labute approximate surface area is 144 Å². The quantitative estimate of drug-likeness (QED) is 0.341. The molecule has 0 aliphatic rings. The summed E-state index contributed by atoms with van der Waals surface area (Å²) in [7, 11) is -1.41. The van der Waals surface area contributed by atoms with Gasteiger partial charge in [-0.1, -0.05) is 91.4 Å². The van der Waals surface area contributed by atoms with Crippen molar-refractivity contribution in [2.75, 3.05) is 0 Å². The van der Waals surface area contributed by atoms with Crippen LogP contribution in [0.5, 0.6) is 0 Å². The van der Waals surface area contributed by atoms with Crippen LogP contribution in [0.2, 0.25) is 51.4 Å². The molecule has 0 nitrogen and oxygen atoms in total. The van der Waals surface area contributed by atoms with Gasteiger partial charge in [0.15, 0.2) is 0 Å². The third-order valence-electron chi connectivity index (χ3n) is 2.74. The van der Waals surface area contributed by atoms with Gasteiger partial charge in [-0.3, -0.25) is 0 Å². The topological polar surface area (TPSA) is 0 Å². The minimum absolute atomic E-state index is 0. The van der Waals surface area contributed by atoms with E-state index in [4.69, 9.17) is 0 Å². The van der Waals surface area contributed by atoms with Gasteiger partial charge >= 0.3 is 16.5 Å². The molecule has 0 aliphatic carbocycles. The van der Waals surface area contributed by atoms with E-state index in [9.17, 15) is 0 Å². The van der Waals surface area contributed by atoms with Gasteiger partial charge in [-0.15, -0.1) is 0 Å². The minimum atomic E-state index is -0.758. The summed E-state index contributed by atoms with van der Waals surface area (Å²) in [5.74, 6) is 0.969. The molecule has 130 valence electrons. The SMILES string of the molecule is CCCC(C)C[Si](C)(C)C.CCC[Si](C)(C)C.[CH3-].[CH3-].[Ni+2]. The molecule has 20 heavy (non-hydrogen) atoms. The Morgan fingerprint density at radius 1 is 0.750 bits per heavy atom. The molecule has 0 N–H and O–H groups in total. The van der Waals surface area contributed by atoms with E-state index >= 15 is 0 Å². The average molecular weight is 363 g/mol. The predicted octanol–water partition coefficient (Wildman–Crippen LogP) is 7.39. The van der Waals surface area contributed by atoms with Crippen molar-refractivity contribution in [2.45, 2.75) is 91.4 Å². The van der Waals surface area contributed by atoms with Gasteiger partial charge in [0.25, 0.3) is 0 Å². The van der Waals surface area contributed by atoms with Gasteiger partial charge in [0.1, 0.15) is 0 Å². The van der Waals surface area contributed by atoms with Gasteiger partial charge in [0, 0.05) is 16.1 Å². The molecule has 0 fully saturated rings. The van der Waals surface area contributed by atoms with Crippen molar-refractivity contribution in [3.8, 4) is 0 Å². The van der Waals surface area contributed by atoms with E-state index in [0.717, 1.165) is 5.92 Å². The van der Waals surface area contributed by atoms with Crippen LogP contribution in [0.25, 0.3) is 0 Å². The minimum Gasteiger partial charge on any atom is -0.358 e. The first-order chi connectivity index (χ1) is 7.52. The van der Waals surface area contributed by atoms with Crippen molar-refractivity contribution in [1.29, 1.82) is 0 Å². The van der Waals surface area contributed by atoms with E-state index in [1.165, 1.54) is 31.4 Å². The standard InChI is InChI=1S/C9H22Si.C6H16Si.2CH3.Ni/c1-6-7-9(2)8-10(3,4)5;1-5-6-7(2,3)4;;;/h9H,6-8H2,1-5H3;5-6H2,1-4H3;2*1H3;/q;;2*-1;+2. The first kappa shape index (κ1) is 32.8. The van der Waals surface area contributed by atoms with E-state index in [1.54, 1.807) is 0 Å². The second-order valence-corrected chi connectivity index (χ2v) is 19.1. The van der Waals surface area contributed by atoms with Crippen molar-refractivity contribution in [1.82, 2.24) is 0 Å². The molecule has 0 aromatic heterocycles. The van der Waals surface area contributed by atoms with Crippen molar-refractivity contribution in [3.05, 3.63) is 14.9 Å². The van der Waals surface area contributed by atoms with Crippen LogP contribution in [0.4, 0.5) is 0 Å². The molecular weight excluding hydrogens is 319 g/mol. The van der Waals surface area contributed by atoms with Crippen LogP contribution in [0.3, 0.4) is 0 Å². The molecule has 0 aliphatic heterocycles. The molecule has 0 heterocycles. The largest absolute Gasteiger partial charge is 2.00 e. The summed E-state index contributed by atoms with van der Waals surface area (Å²) in [6, 6.07) is 2.98. The van der Waals surface area contributed by atoms with Crippen LogP contribution in [0.1, 0.15) is 40.0 Å². The molecule has 0 spiro atoms. The molecule has 0 amide bonds. The van der Waals surface area contributed by atoms with Crippen LogP contribution in [0, 0.1) is 20.8 Å². The van der Waals surface area contributed by atoms with Crippen LogP contribution in [0.15, 0.2) is 0 Å². The van der Waals surface area contributed by atoms with E-state index < -0.39 is 16.1 Å². The number of hydrogen-bond acceptors (Lipinski definition) is 0. The van der Waals surface area contributed by atoms with E-state index in [0.29, 0.717) is 0 Å². The molecule has 0 aromatic rings. The monoisotopic (exact) mass is 362 g/mol. The molecule has 0 rings (SSSR count). The zero-order valence-corrected chi connectivity index (χ0v) is 19.4. The van der Waals surface area contributed by atoms with Gasteiger partial charge in [-0.05, 0) is 5.92 Å². The summed E-state index contributed by atoms with van der Waals surface area (Å²) in [6.45, 7) is 21.5. The summed E-state index contributed by atoms with van der Waals surface area (Å²) in [6.07, 6.45) is 4.14. The summed E-state index contributed by atoms with van der Waals surface area (Å²) < 4.78 is 0. The third kappa shape index (κ3) is 36.4. The molecule has 0 saturated heterocycles. The molecule has 1 atom stereocenters. The van der Waals surface area contributed by atoms with Gasteiger partial charge < -0.3 is 14.9 Å². The Morgan fingerprint density at radius 2 is 1.15 bits per heavy atom. The van der Waals surface area contributed by atoms with E-state index in [2.05, 4.69) is 60.1 Å². The van der Waals surface area contributed by atoms with E-state index in [-0.39, 0.29) is 31.3 Å². The maximum atomic E-state index is 2.46. The maximum absolute atomic E-state index is 2.46. The summed E-state index contributed by atoms with van der Waals surface area (Å²) in [4.78, 5) is 0. The van der Waals surface area contributed by atoms with Crippen molar-refractivity contribution in [2.24, 2.45) is 5.92 Å². The Bertz CT molecular complexity index is 169. The molecular formula is C17H44NiSi2. The predicted molar refractivity (Wildman–Crippen MR) is 103 cm³/mol. The molecule has 3 heteroatoms. The zero-order chi connectivity index (χ0) is 14.1. The fourth-order valence-electron chi connectivity index (χ4n) is 2.39. The average Bonchev–Trinajstić information content (AvgIpc) is 1.98. The van der Waals surface area contributed by atoms with Gasteiger partial charge in [-0.25, -0.2) is 0 Å². The normalized spacial score (nSPS) is 11.8. The zero-order valence-electron chi connectivity index (χ0n) is 16.4. The molecule has 0 saturated carbocycles. The van der Waals surface area contributed by atoms with Crippen LogP contribution >= 0.6 is 0 Å². The second kappa shape index (κ2) is 16.3. The second-order valence-electron chi connectivity index (χ2n) is 7.97. The van der Waals surface area contributed by atoms with Gasteiger partial charge in [0.05, 0.1) is 0 Å². The van der Waals surface area contributed by atoms with Crippen molar-refractivity contribution >= 4 is 16.1 Å². The Kier molecular flexibility index (Phi) is 26.7. The fraction of sp³-hybridized carbons (Fsp3) is 0.882.